The molecule has 0 radical (unpaired) electrons. The summed E-state index contributed by atoms with van der Waals surface area (Å²) in [6.45, 7) is 4.38. The van der Waals surface area contributed by atoms with Gasteiger partial charge in [-0.25, -0.2) is 9.97 Å². The highest BCUT2D eigenvalue weighted by atomic mass is 35.5. The molecule has 10 heteroatoms. The Morgan fingerprint density at radius 1 is 1.08 bits per heavy atom. The number of halogens is 1. The number of para-hydroxylation sites is 1. The molecule has 0 unspecified atom stereocenters. The number of likely N-dealkylation sites (tertiary alicyclic amines) is 1. The number of hydrogen-bond acceptors (Lipinski definition) is 7. The van der Waals surface area contributed by atoms with Crippen molar-refractivity contribution in [3.05, 3.63) is 65.8 Å². The minimum absolute atomic E-state index is 0.0721. The fraction of sp³-hybridized carbons (Fsp3) is 0.333. The molecular formula is C27H31ClN6O3. The highest BCUT2D eigenvalue weighted by molar-refractivity contribution is 6.30. The Kier molecular flexibility index (Phi) is 9.29. The number of anilines is 2. The molecule has 194 valence electrons. The molecule has 3 N–H and O–H groups in total. The van der Waals surface area contributed by atoms with Crippen LogP contribution in [0.3, 0.4) is 0 Å². The number of aromatic nitrogens is 2. The van der Waals surface area contributed by atoms with Crippen LogP contribution >= 0.6 is 11.6 Å². The average Bonchev–Trinajstić information content (AvgIpc) is 2.88. The second-order valence-electron chi connectivity index (χ2n) is 8.82. The molecule has 1 aliphatic rings. The fourth-order valence-electron chi connectivity index (χ4n) is 4.13. The maximum absolute atomic E-state index is 12.7. The van der Waals surface area contributed by atoms with Crippen LogP contribution in [0.5, 0.6) is 5.75 Å². The van der Waals surface area contributed by atoms with E-state index in [9.17, 15) is 9.59 Å². The van der Waals surface area contributed by atoms with Crippen molar-refractivity contribution in [3.8, 4) is 17.1 Å². The van der Waals surface area contributed by atoms with Crippen molar-refractivity contribution in [1.29, 1.82) is 0 Å². The quantitative estimate of drug-likeness (QED) is 0.347. The molecule has 2 amide bonds. The lowest BCUT2D eigenvalue weighted by atomic mass is 10.1. The number of benzene rings is 2. The van der Waals surface area contributed by atoms with Crippen LogP contribution in [0.4, 0.5) is 11.5 Å². The van der Waals surface area contributed by atoms with Gasteiger partial charge in [-0.2, -0.15) is 0 Å². The number of carbonyl (C=O) groups is 2. The van der Waals surface area contributed by atoms with Gasteiger partial charge in [0.2, 0.25) is 11.8 Å². The number of ether oxygens (including phenoxy) is 1. The van der Waals surface area contributed by atoms with E-state index in [1.165, 1.54) is 6.92 Å². The Bertz CT molecular complexity index is 1220. The molecule has 1 aliphatic heterocycles. The lowest BCUT2D eigenvalue weighted by Crippen LogP contribution is -2.42. The van der Waals surface area contributed by atoms with Gasteiger partial charge in [-0.3, -0.25) is 14.5 Å². The van der Waals surface area contributed by atoms with E-state index in [2.05, 4.69) is 30.8 Å². The van der Waals surface area contributed by atoms with Gasteiger partial charge in [-0.05, 0) is 49.2 Å². The van der Waals surface area contributed by atoms with Gasteiger partial charge in [0.05, 0.1) is 6.54 Å². The molecule has 0 bridgehead atoms. The first-order valence-corrected chi connectivity index (χ1v) is 12.7. The predicted octanol–water partition coefficient (Wildman–Crippen LogP) is 3.83. The summed E-state index contributed by atoms with van der Waals surface area (Å²) in [6.07, 6.45) is 3.41. The normalized spacial score (nSPS) is 14.1. The van der Waals surface area contributed by atoms with Crippen molar-refractivity contribution in [2.24, 2.45) is 0 Å². The van der Waals surface area contributed by atoms with E-state index < -0.39 is 0 Å². The maximum atomic E-state index is 12.7. The van der Waals surface area contributed by atoms with Crippen molar-refractivity contribution < 1.29 is 14.3 Å². The molecule has 1 aromatic heterocycles. The zero-order chi connectivity index (χ0) is 26.0. The van der Waals surface area contributed by atoms with Gasteiger partial charge in [0.15, 0.2) is 5.82 Å². The van der Waals surface area contributed by atoms with Crippen LogP contribution in [0, 0.1) is 0 Å². The van der Waals surface area contributed by atoms with E-state index in [1.807, 2.05) is 48.5 Å². The number of hydrogen-bond donors (Lipinski definition) is 3. The first-order chi connectivity index (χ1) is 18.0. The van der Waals surface area contributed by atoms with E-state index in [4.69, 9.17) is 16.3 Å². The summed E-state index contributed by atoms with van der Waals surface area (Å²) >= 11 is 6.04. The van der Waals surface area contributed by atoms with E-state index in [0.29, 0.717) is 29.8 Å². The molecule has 3 aromatic rings. The standard InChI is InChI=1S/C27H31ClN6O3/c1-19(35)29-13-14-30-24-8-3-2-7-23(24)27-31-12-9-25(33-27)32-26(36)18-34-15-10-21(11-16-34)37-22-6-4-5-20(28)17-22/h2-9,12,17,21,30H,10-11,13-16,18H2,1H3,(H,29,35)(H,31,32,33,36). The predicted molar refractivity (Wildman–Crippen MR) is 145 cm³/mol. The fourth-order valence-corrected chi connectivity index (χ4v) is 4.31. The lowest BCUT2D eigenvalue weighted by molar-refractivity contribution is -0.119. The highest BCUT2D eigenvalue weighted by Gasteiger charge is 2.22. The largest absolute Gasteiger partial charge is 0.490 e. The van der Waals surface area contributed by atoms with Crippen LogP contribution < -0.4 is 20.7 Å². The second-order valence-corrected chi connectivity index (χ2v) is 9.26. The third-order valence-electron chi connectivity index (χ3n) is 5.91. The molecule has 9 nitrogen and oxygen atoms in total. The summed E-state index contributed by atoms with van der Waals surface area (Å²) in [6, 6.07) is 16.8. The zero-order valence-electron chi connectivity index (χ0n) is 20.7. The summed E-state index contributed by atoms with van der Waals surface area (Å²) in [4.78, 5) is 34.9. The highest BCUT2D eigenvalue weighted by Crippen LogP contribution is 2.25. The van der Waals surface area contributed by atoms with Crippen molar-refractivity contribution >= 4 is 34.9 Å². The number of amides is 2. The van der Waals surface area contributed by atoms with Crippen LogP contribution in [-0.4, -0.2) is 65.5 Å². The number of carbonyl (C=O) groups excluding carboxylic acids is 2. The number of piperidine rings is 1. The van der Waals surface area contributed by atoms with E-state index in [0.717, 1.165) is 42.9 Å². The Morgan fingerprint density at radius 3 is 2.68 bits per heavy atom. The van der Waals surface area contributed by atoms with Crippen molar-refractivity contribution in [2.75, 3.05) is 43.4 Å². The van der Waals surface area contributed by atoms with E-state index in [1.54, 1.807) is 12.3 Å². The van der Waals surface area contributed by atoms with Crippen molar-refractivity contribution in [2.45, 2.75) is 25.9 Å². The molecule has 1 saturated heterocycles. The van der Waals surface area contributed by atoms with Gasteiger partial charge in [-0.1, -0.05) is 29.8 Å². The molecule has 2 heterocycles. The van der Waals surface area contributed by atoms with E-state index in [-0.39, 0.29) is 24.5 Å². The average molecular weight is 523 g/mol. The molecule has 4 rings (SSSR count). The van der Waals surface area contributed by atoms with Crippen LogP contribution in [0.2, 0.25) is 5.02 Å². The number of rotatable bonds is 10. The SMILES string of the molecule is CC(=O)NCCNc1ccccc1-c1nccc(NC(=O)CN2CCC(Oc3cccc(Cl)c3)CC2)n1. The van der Waals surface area contributed by atoms with Gasteiger partial charge >= 0.3 is 0 Å². The monoisotopic (exact) mass is 522 g/mol. The molecule has 2 aromatic carbocycles. The van der Waals surface area contributed by atoms with Gasteiger partial charge in [0.25, 0.3) is 0 Å². The maximum Gasteiger partial charge on any atom is 0.239 e. The van der Waals surface area contributed by atoms with Gasteiger partial charge in [0, 0.05) is 55.6 Å². The Morgan fingerprint density at radius 2 is 1.89 bits per heavy atom. The summed E-state index contributed by atoms with van der Waals surface area (Å²) in [5.41, 5.74) is 1.65. The Labute approximate surface area is 221 Å². The van der Waals surface area contributed by atoms with E-state index >= 15 is 0 Å². The lowest BCUT2D eigenvalue weighted by Gasteiger charge is -2.31. The smallest absolute Gasteiger partial charge is 0.239 e. The minimum Gasteiger partial charge on any atom is -0.490 e. The molecule has 0 aliphatic carbocycles. The number of nitrogens with zero attached hydrogens (tertiary/aromatic N) is 3. The summed E-state index contributed by atoms with van der Waals surface area (Å²) in [7, 11) is 0. The summed E-state index contributed by atoms with van der Waals surface area (Å²) in [5, 5.41) is 9.61. The first-order valence-electron chi connectivity index (χ1n) is 12.3. The third-order valence-corrected chi connectivity index (χ3v) is 6.14. The Balaban J connectivity index is 1.28. The van der Waals surface area contributed by atoms with Crippen LogP contribution in [-0.2, 0) is 9.59 Å². The summed E-state index contributed by atoms with van der Waals surface area (Å²) < 4.78 is 6.04. The molecule has 37 heavy (non-hydrogen) atoms. The van der Waals surface area contributed by atoms with Gasteiger partial charge in [0.1, 0.15) is 17.7 Å². The molecule has 0 saturated carbocycles. The van der Waals surface area contributed by atoms with Crippen LogP contribution in [0.15, 0.2) is 60.8 Å². The molecule has 1 fully saturated rings. The zero-order valence-corrected chi connectivity index (χ0v) is 21.5. The van der Waals surface area contributed by atoms with Crippen molar-refractivity contribution in [3.63, 3.8) is 0 Å². The molecule has 0 atom stereocenters. The Hall–Kier alpha value is -3.69. The number of nitrogens with one attached hydrogen (secondary N) is 3. The van der Waals surface area contributed by atoms with Crippen molar-refractivity contribution in [1.82, 2.24) is 20.2 Å². The first kappa shape index (κ1) is 26.4. The third kappa shape index (κ3) is 8.16. The molecule has 0 spiro atoms. The van der Waals surface area contributed by atoms with Crippen LogP contribution in [0.1, 0.15) is 19.8 Å². The van der Waals surface area contributed by atoms with Gasteiger partial charge < -0.3 is 20.7 Å². The minimum atomic E-state index is -0.124. The van der Waals surface area contributed by atoms with Gasteiger partial charge in [-0.15, -0.1) is 0 Å². The topological polar surface area (TPSA) is 108 Å². The molecular weight excluding hydrogens is 492 g/mol. The van der Waals surface area contributed by atoms with Crippen LogP contribution in [0.25, 0.3) is 11.4 Å². The summed E-state index contributed by atoms with van der Waals surface area (Å²) in [5.74, 6) is 1.52. The second kappa shape index (κ2) is 13.0.